The highest BCUT2D eigenvalue weighted by Crippen LogP contribution is 2.48. The van der Waals surface area contributed by atoms with Crippen molar-refractivity contribution in [3.8, 4) is 22.4 Å². The largest absolute Gasteiger partial charge is 0.481 e. The molecule has 0 spiro atoms. The normalized spacial score (nSPS) is 16.1. The molecule has 0 saturated carbocycles. The number of aliphatic carboxylic acids is 1. The number of hydrogen-bond donors (Lipinski definition) is 2. The summed E-state index contributed by atoms with van der Waals surface area (Å²) in [6, 6.07) is 16.9. The van der Waals surface area contributed by atoms with Crippen LogP contribution < -0.4 is 0 Å². The lowest BCUT2D eigenvalue weighted by Gasteiger charge is -2.18. The number of hydrogen-bond acceptors (Lipinski definition) is 3. The van der Waals surface area contributed by atoms with E-state index in [-0.39, 0.29) is 24.3 Å². The molecule has 1 aromatic heterocycles. The molecule has 2 atom stereocenters. The molecule has 1 unspecified atom stereocenters. The maximum absolute atomic E-state index is 13.8. The van der Waals surface area contributed by atoms with E-state index in [0.29, 0.717) is 26.0 Å². The number of halogens is 1. The van der Waals surface area contributed by atoms with Gasteiger partial charge in [-0.15, -0.1) is 0 Å². The van der Waals surface area contributed by atoms with Gasteiger partial charge in [0, 0.05) is 23.4 Å². The van der Waals surface area contributed by atoms with Crippen molar-refractivity contribution in [2.24, 2.45) is 0 Å². The number of rotatable bonds is 11. The van der Waals surface area contributed by atoms with Gasteiger partial charge in [0.05, 0.1) is 24.8 Å². The van der Waals surface area contributed by atoms with Crippen LogP contribution in [0.15, 0.2) is 54.6 Å². The molecule has 3 aromatic rings. The van der Waals surface area contributed by atoms with Crippen LogP contribution in [0.4, 0.5) is 4.39 Å². The minimum Gasteiger partial charge on any atom is -0.481 e. The molecule has 4 rings (SSSR count). The highest BCUT2D eigenvalue weighted by Gasteiger charge is 2.36. The van der Waals surface area contributed by atoms with Gasteiger partial charge in [-0.1, -0.05) is 44.2 Å². The second kappa shape index (κ2) is 10.5. The lowest BCUT2D eigenvalue weighted by atomic mass is 9.93. The molecule has 1 fully saturated rings. The van der Waals surface area contributed by atoms with E-state index in [1.807, 2.05) is 30.3 Å². The van der Waals surface area contributed by atoms with Crippen LogP contribution in [0, 0.1) is 5.82 Å². The molecule has 0 bridgehead atoms. The van der Waals surface area contributed by atoms with Crippen LogP contribution in [-0.4, -0.2) is 33.5 Å². The maximum atomic E-state index is 13.8. The minimum absolute atomic E-state index is 0.0467. The third-order valence-electron chi connectivity index (χ3n) is 6.30. The van der Waals surface area contributed by atoms with E-state index in [0.717, 1.165) is 28.8 Å². The van der Waals surface area contributed by atoms with Gasteiger partial charge in [-0.2, -0.15) is 0 Å². The molecule has 1 saturated heterocycles. The lowest BCUT2D eigenvalue weighted by Crippen LogP contribution is -2.13. The summed E-state index contributed by atoms with van der Waals surface area (Å²) < 4.78 is 21.9. The molecule has 6 heteroatoms. The highest BCUT2D eigenvalue weighted by molar-refractivity contribution is 5.86. The van der Waals surface area contributed by atoms with E-state index in [1.54, 1.807) is 0 Å². The molecule has 180 valence electrons. The summed E-state index contributed by atoms with van der Waals surface area (Å²) in [5.74, 6) is -1.01. The minimum atomic E-state index is -0.986. The van der Waals surface area contributed by atoms with Gasteiger partial charge in [0.15, 0.2) is 0 Å². The van der Waals surface area contributed by atoms with Crippen molar-refractivity contribution in [1.82, 2.24) is 4.57 Å². The Kier molecular flexibility index (Phi) is 7.49. The van der Waals surface area contributed by atoms with E-state index in [9.17, 15) is 14.3 Å². The van der Waals surface area contributed by atoms with Crippen molar-refractivity contribution in [3.63, 3.8) is 0 Å². The Bertz CT molecular complexity index is 1120. The van der Waals surface area contributed by atoms with Crippen LogP contribution in [0.3, 0.4) is 0 Å². The van der Waals surface area contributed by atoms with E-state index in [2.05, 4.69) is 30.5 Å². The summed E-state index contributed by atoms with van der Waals surface area (Å²) in [7, 11) is 0. The highest BCUT2D eigenvalue weighted by atomic mass is 19.1. The van der Waals surface area contributed by atoms with E-state index in [4.69, 9.17) is 9.84 Å². The quantitative estimate of drug-likeness (QED) is 0.263. The van der Waals surface area contributed by atoms with Crippen molar-refractivity contribution in [1.29, 1.82) is 0 Å². The van der Waals surface area contributed by atoms with E-state index in [1.165, 1.54) is 23.4 Å². The molecule has 0 amide bonds. The van der Waals surface area contributed by atoms with Gasteiger partial charge < -0.3 is 19.5 Å². The second-order valence-electron chi connectivity index (χ2n) is 9.27. The first-order valence-corrected chi connectivity index (χ1v) is 12.0. The summed E-state index contributed by atoms with van der Waals surface area (Å²) in [6.07, 6.45) is 0.925. The molecule has 34 heavy (non-hydrogen) atoms. The fourth-order valence-electron chi connectivity index (χ4n) is 4.81. The van der Waals surface area contributed by atoms with Gasteiger partial charge in [-0.3, -0.25) is 4.79 Å². The summed E-state index contributed by atoms with van der Waals surface area (Å²) >= 11 is 0. The van der Waals surface area contributed by atoms with Crippen LogP contribution in [0.25, 0.3) is 22.4 Å². The molecule has 2 N–H and O–H groups in total. The zero-order valence-electron chi connectivity index (χ0n) is 19.7. The van der Waals surface area contributed by atoms with Crippen molar-refractivity contribution in [2.45, 2.75) is 64.2 Å². The number of nitrogens with zero attached hydrogens (tertiary/aromatic N) is 1. The maximum Gasteiger partial charge on any atom is 0.305 e. The Balaban J connectivity index is 1.78. The number of aliphatic hydroxyl groups excluding tert-OH is 1. The number of aliphatic hydroxyl groups is 1. The van der Waals surface area contributed by atoms with Gasteiger partial charge in [-0.25, -0.2) is 4.39 Å². The van der Waals surface area contributed by atoms with Crippen LogP contribution in [0.5, 0.6) is 0 Å². The van der Waals surface area contributed by atoms with E-state index >= 15 is 0 Å². The zero-order chi connectivity index (χ0) is 24.2. The smallest absolute Gasteiger partial charge is 0.305 e. The Hall–Kier alpha value is -2.96. The lowest BCUT2D eigenvalue weighted by molar-refractivity contribution is -0.139. The van der Waals surface area contributed by atoms with Crippen molar-refractivity contribution >= 4 is 5.97 Å². The first kappa shape index (κ1) is 24.2. The number of benzene rings is 2. The number of unbranched alkanes of at least 4 members (excludes halogenated alkanes) is 1. The molecule has 2 aromatic carbocycles. The standard InChI is InChI=1S/C28H32FNO4/c1-18(2)27-26(23-17-34-23)25(19-8-4-3-5-9-19)28(20-11-13-21(29)14-12-20)30(27)15-7-6-10-22(31)16-24(32)33/h3-5,8-9,11-14,18,22-23,31H,6-7,10,15-17H2,1-2H3,(H,32,33)/t22-,23?/m1/s1. The van der Waals surface area contributed by atoms with Crippen molar-refractivity contribution < 1.29 is 24.1 Å². The average Bonchev–Trinajstić information content (AvgIpc) is 3.58. The number of ether oxygens (including phenoxy) is 1. The van der Waals surface area contributed by atoms with Gasteiger partial charge in [0.25, 0.3) is 0 Å². The van der Waals surface area contributed by atoms with Crippen LogP contribution in [-0.2, 0) is 16.1 Å². The Morgan fingerprint density at radius 2 is 1.76 bits per heavy atom. The molecule has 1 aliphatic heterocycles. The summed E-state index contributed by atoms with van der Waals surface area (Å²) in [4.78, 5) is 10.9. The molecule has 5 nitrogen and oxygen atoms in total. The third-order valence-corrected chi connectivity index (χ3v) is 6.30. The molecule has 1 aliphatic rings. The number of epoxide rings is 1. The molecule has 2 heterocycles. The van der Waals surface area contributed by atoms with Crippen LogP contribution in [0.1, 0.15) is 62.8 Å². The Labute approximate surface area is 199 Å². The first-order chi connectivity index (χ1) is 16.4. The Morgan fingerprint density at radius 3 is 2.35 bits per heavy atom. The second-order valence-corrected chi connectivity index (χ2v) is 9.27. The summed E-state index contributed by atoms with van der Waals surface area (Å²) in [5.41, 5.74) is 6.64. The fourth-order valence-corrected chi connectivity index (χ4v) is 4.81. The molecular formula is C28H32FNO4. The topological polar surface area (TPSA) is 75.0 Å². The molecule has 0 radical (unpaired) electrons. The van der Waals surface area contributed by atoms with Crippen molar-refractivity contribution in [3.05, 3.63) is 71.7 Å². The fraction of sp³-hybridized carbons (Fsp3) is 0.393. The zero-order valence-corrected chi connectivity index (χ0v) is 19.7. The summed E-state index contributed by atoms with van der Waals surface area (Å²) in [6.45, 7) is 5.76. The molecule has 0 aliphatic carbocycles. The van der Waals surface area contributed by atoms with Gasteiger partial charge in [0.1, 0.15) is 11.9 Å². The average molecular weight is 466 g/mol. The van der Waals surface area contributed by atoms with Gasteiger partial charge in [-0.05, 0) is 60.6 Å². The predicted molar refractivity (Wildman–Crippen MR) is 130 cm³/mol. The number of carbonyl (C=O) groups is 1. The van der Waals surface area contributed by atoms with Crippen molar-refractivity contribution in [2.75, 3.05) is 6.61 Å². The van der Waals surface area contributed by atoms with Gasteiger partial charge in [0.2, 0.25) is 0 Å². The number of carboxylic acids is 1. The monoisotopic (exact) mass is 465 g/mol. The predicted octanol–water partition coefficient (Wildman–Crippen LogP) is 6.16. The number of aromatic nitrogens is 1. The van der Waals surface area contributed by atoms with E-state index < -0.39 is 12.1 Å². The van der Waals surface area contributed by atoms with Crippen LogP contribution in [0.2, 0.25) is 0 Å². The Morgan fingerprint density at radius 1 is 1.09 bits per heavy atom. The van der Waals surface area contributed by atoms with Crippen LogP contribution >= 0.6 is 0 Å². The number of carboxylic acid groups (broad SMARTS) is 1. The summed E-state index contributed by atoms with van der Waals surface area (Å²) in [5, 5.41) is 18.9. The van der Waals surface area contributed by atoms with Gasteiger partial charge >= 0.3 is 5.97 Å². The SMILES string of the molecule is CC(C)c1c(C2CO2)c(-c2ccccc2)c(-c2ccc(F)cc2)n1CCCC[C@@H](O)CC(=O)O. The molecular weight excluding hydrogens is 433 g/mol. The first-order valence-electron chi connectivity index (χ1n) is 12.0. The third kappa shape index (κ3) is 5.40.